The first-order chi connectivity index (χ1) is 17.5. The molecule has 0 radical (unpaired) electrons. The third-order valence-electron chi connectivity index (χ3n) is 4.61. The van der Waals surface area contributed by atoms with Gasteiger partial charge in [-0.3, -0.25) is 0 Å². The van der Waals surface area contributed by atoms with Crippen molar-refractivity contribution < 1.29 is 80.7 Å². The molecule has 0 amide bonds. The van der Waals surface area contributed by atoms with E-state index < -0.39 is 89.4 Å². The Kier molecular flexibility index (Phi) is 10.6. The van der Waals surface area contributed by atoms with E-state index in [0.717, 1.165) is 0 Å². The Balaban J connectivity index is 3.18. The van der Waals surface area contributed by atoms with Crippen molar-refractivity contribution >= 4 is 22.1 Å². The number of rotatable bonds is 13. The van der Waals surface area contributed by atoms with Crippen LogP contribution in [0.15, 0.2) is 42.5 Å². The first-order valence-electron chi connectivity index (χ1n) is 10.1. The van der Waals surface area contributed by atoms with Crippen molar-refractivity contribution in [2.75, 3.05) is 6.61 Å². The normalized spacial score (nSPS) is 14.8. The minimum absolute atomic E-state index is 0.0597. The van der Waals surface area contributed by atoms with E-state index in [1.165, 1.54) is 30.3 Å². The summed E-state index contributed by atoms with van der Waals surface area (Å²) in [6.45, 7) is -0.278. The maximum atomic E-state index is 13.9. The van der Waals surface area contributed by atoms with Gasteiger partial charge in [0.05, 0.1) is 6.61 Å². The van der Waals surface area contributed by atoms with Crippen LogP contribution in [-0.4, -0.2) is 60.8 Å². The first kappa shape index (κ1) is 34.1. The van der Waals surface area contributed by atoms with Crippen LogP contribution in [-0.2, 0) is 40.5 Å². The molecule has 1 aromatic rings. The van der Waals surface area contributed by atoms with Crippen LogP contribution in [0.3, 0.4) is 0 Å². The van der Waals surface area contributed by atoms with Gasteiger partial charge >= 0.3 is 41.3 Å². The van der Waals surface area contributed by atoms with Crippen LogP contribution in [0.2, 0.25) is 0 Å². The number of hydrogen-bond donors (Lipinski definition) is 0. The molecule has 1 atom stereocenters. The number of hydrogen-bond acceptors (Lipinski definition) is 8. The standard InChI is InChI=1S/C20H18F10O8S/c1-12(18(23,24)25)14(31)38-17(19(26,27)28,15(32)36-11-13-7-3-2-4-8-13)37-10-6-5-9-16(21,22)20(29,30)39(33,34)35/h2-4,7-8H,1,5-6,9-11H2,(H,33,34,35)/p-1. The molecule has 0 spiro atoms. The van der Waals surface area contributed by atoms with Crippen molar-refractivity contribution in [3.63, 3.8) is 0 Å². The number of esters is 2. The summed E-state index contributed by atoms with van der Waals surface area (Å²) < 4.78 is 177. The van der Waals surface area contributed by atoms with Crippen LogP contribution >= 0.6 is 0 Å². The Morgan fingerprint density at radius 2 is 1.44 bits per heavy atom. The predicted octanol–water partition coefficient (Wildman–Crippen LogP) is 4.61. The number of unbranched alkanes of at least 4 members (excludes halogenated alkanes) is 1. The van der Waals surface area contributed by atoms with Gasteiger partial charge in [0.1, 0.15) is 12.2 Å². The molecule has 0 aliphatic heterocycles. The molecule has 0 bridgehead atoms. The van der Waals surface area contributed by atoms with Gasteiger partial charge in [0.15, 0.2) is 10.1 Å². The van der Waals surface area contributed by atoms with E-state index in [1.807, 2.05) is 0 Å². The highest BCUT2D eigenvalue weighted by molar-refractivity contribution is 7.86. The van der Waals surface area contributed by atoms with Crippen molar-refractivity contribution in [2.45, 2.75) is 55.2 Å². The molecule has 19 heteroatoms. The van der Waals surface area contributed by atoms with E-state index in [-0.39, 0.29) is 5.56 Å². The van der Waals surface area contributed by atoms with E-state index in [2.05, 4.69) is 20.8 Å². The van der Waals surface area contributed by atoms with Crippen LogP contribution in [0.1, 0.15) is 24.8 Å². The van der Waals surface area contributed by atoms with E-state index in [9.17, 15) is 66.5 Å². The van der Waals surface area contributed by atoms with Gasteiger partial charge in [-0.1, -0.05) is 36.9 Å². The van der Waals surface area contributed by atoms with Crippen molar-refractivity contribution in [3.8, 4) is 0 Å². The maximum Gasteiger partial charge on any atom is 0.468 e. The zero-order valence-corrected chi connectivity index (χ0v) is 19.9. The number of carbonyl (C=O) groups is 2. The molecular weight excluding hydrogens is 590 g/mol. The molecule has 0 fully saturated rings. The highest BCUT2D eigenvalue weighted by Crippen LogP contribution is 2.42. The van der Waals surface area contributed by atoms with Crippen molar-refractivity contribution in [1.29, 1.82) is 0 Å². The fraction of sp³-hybridized carbons (Fsp3) is 0.500. The third kappa shape index (κ3) is 8.28. The molecular formula is C20H17F10O8S-. The Bertz CT molecular complexity index is 1130. The summed E-state index contributed by atoms with van der Waals surface area (Å²) in [5, 5.41) is -6.09. The summed E-state index contributed by atoms with van der Waals surface area (Å²) in [5.74, 6) is -15.8. The highest BCUT2D eigenvalue weighted by atomic mass is 32.2. The van der Waals surface area contributed by atoms with Gasteiger partial charge in [-0.05, 0) is 18.4 Å². The first-order valence-corrected chi connectivity index (χ1v) is 11.5. The molecule has 1 aromatic carbocycles. The smallest absolute Gasteiger partial charge is 0.468 e. The maximum absolute atomic E-state index is 13.9. The van der Waals surface area contributed by atoms with E-state index in [1.54, 1.807) is 0 Å². The SMILES string of the molecule is C=C(C(=O)OC(OCCCCC(F)(F)C(F)(F)S(=O)(=O)[O-])(C(=O)OCc1ccccc1)C(F)(F)F)C(F)(F)F. The van der Waals surface area contributed by atoms with Gasteiger partial charge in [0.2, 0.25) is 0 Å². The van der Waals surface area contributed by atoms with Crippen molar-refractivity contribution in [3.05, 3.63) is 48.0 Å². The van der Waals surface area contributed by atoms with Gasteiger partial charge in [-0.25, -0.2) is 18.0 Å². The van der Waals surface area contributed by atoms with Gasteiger partial charge < -0.3 is 18.8 Å². The second kappa shape index (κ2) is 12.1. The van der Waals surface area contributed by atoms with E-state index in [4.69, 9.17) is 0 Å². The Labute approximate surface area is 213 Å². The fourth-order valence-corrected chi connectivity index (χ4v) is 2.97. The quantitative estimate of drug-likeness (QED) is 0.0797. The molecule has 0 aromatic heterocycles. The van der Waals surface area contributed by atoms with Gasteiger partial charge in [-0.2, -0.15) is 43.9 Å². The lowest BCUT2D eigenvalue weighted by atomic mass is 10.1. The number of halogens is 10. The lowest BCUT2D eigenvalue weighted by Crippen LogP contribution is -2.58. The predicted molar refractivity (Wildman–Crippen MR) is 106 cm³/mol. The van der Waals surface area contributed by atoms with E-state index in [0.29, 0.717) is 0 Å². The van der Waals surface area contributed by atoms with Crippen molar-refractivity contribution in [1.82, 2.24) is 0 Å². The average Bonchev–Trinajstić information content (AvgIpc) is 2.79. The van der Waals surface area contributed by atoms with Crippen LogP contribution in [0.5, 0.6) is 0 Å². The van der Waals surface area contributed by atoms with Gasteiger partial charge in [-0.15, -0.1) is 0 Å². The number of carbonyl (C=O) groups excluding carboxylic acids is 2. The molecule has 39 heavy (non-hydrogen) atoms. The summed E-state index contributed by atoms with van der Waals surface area (Å²) in [4.78, 5) is 24.1. The molecule has 0 aliphatic carbocycles. The Morgan fingerprint density at radius 3 is 1.90 bits per heavy atom. The number of alkyl halides is 10. The minimum atomic E-state index is -6.85. The molecule has 0 saturated carbocycles. The Morgan fingerprint density at radius 1 is 0.897 bits per heavy atom. The summed E-state index contributed by atoms with van der Waals surface area (Å²) in [6.07, 6.45) is -16.3. The molecule has 1 unspecified atom stereocenters. The molecule has 222 valence electrons. The van der Waals surface area contributed by atoms with E-state index >= 15 is 0 Å². The molecule has 8 nitrogen and oxygen atoms in total. The second-order valence-electron chi connectivity index (χ2n) is 7.52. The summed E-state index contributed by atoms with van der Waals surface area (Å²) in [5.41, 5.74) is -2.44. The fourth-order valence-electron chi connectivity index (χ4n) is 2.50. The molecule has 0 heterocycles. The van der Waals surface area contributed by atoms with Crippen LogP contribution in [0.4, 0.5) is 43.9 Å². The van der Waals surface area contributed by atoms with Gasteiger partial charge in [0.25, 0.3) is 0 Å². The largest absolute Gasteiger partial charge is 0.743 e. The Hall–Kier alpha value is -2.93. The summed E-state index contributed by atoms with van der Waals surface area (Å²) in [7, 11) is -6.85. The molecule has 1 rings (SSSR count). The van der Waals surface area contributed by atoms with Gasteiger partial charge in [0, 0.05) is 6.42 Å². The molecule has 0 N–H and O–H groups in total. The zero-order chi connectivity index (χ0) is 30.5. The minimum Gasteiger partial charge on any atom is -0.743 e. The van der Waals surface area contributed by atoms with Crippen LogP contribution < -0.4 is 0 Å². The highest BCUT2D eigenvalue weighted by Gasteiger charge is 2.68. The molecule has 0 saturated heterocycles. The second-order valence-corrected chi connectivity index (χ2v) is 8.94. The number of ether oxygens (including phenoxy) is 3. The summed E-state index contributed by atoms with van der Waals surface area (Å²) >= 11 is 0. The lowest BCUT2D eigenvalue weighted by Gasteiger charge is -2.32. The van der Waals surface area contributed by atoms with Crippen molar-refractivity contribution in [2.24, 2.45) is 0 Å². The van der Waals surface area contributed by atoms with Crippen LogP contribution in [0.25, 0.3) is 0 Å². The average molecular weight is 607 g/mol. The molecule has 0 aliphatic rings. The van der Waals surface area contributed by atoms with Crippen LogP contribution in [0, 0.1) is 0 Å². The topological polar surface area (TPSA) is 119 Å². The third-order valence-corrected chi connectivity index (χ3v) is 5.54. The zero-order valence-electron chi connectivity index (χ0n) is 19.1. The monoisotopic (exact) mass is 607 g/mol. The number of benzene rings is 1. The lowest BCUT2D eigenvalue weighted by molar-refractivity contribution is -0.355. The summed E-state index contributed by atoms with van der Waals surface area (Å²) in [6, 6.07) is 6.69.